The Hall–Kier alpha value is -0.620. The van der Waals surface area contributed by atoms with Crippen LogP contribution in [0.15, 0.2) is 0 Å². The molecule has 0 atom stereocenters. The first kappa shape index (κ1) is 17.4. The van der Waals surface area contributed by atoms with E-state index in [1.54, 1.807) is 0 Å². The molecule has 0 aliphatic heterocycles. The predicted octanol–water partition coefficient (Wildman–Crippen LogP) is 3.38. The van der Waals surface area contributed by atoms with Gasteiger partial charge in [-0.05, 0) is 32.4 Å². The van der Waals surface area contributed by atoms with Crippen LogP contribution in [0, 0.1) is 6.92 Å². The molecule has 0 saturated heterocycles. The average molecular weight is 322 g/mol. The minimum atomic E-state index is -0.213. The molecule has 1 aromatic heterocycles. The minimum absolute atomic E-state index is 0.213. The molecule has 0 saturated carbocycles. The molecule has 0 radical (unpaired) electrons. The first-order valence-corrected chi connectivity index (χ1v) is 7.59. The smallest absolute Gasteiger partial charge is 0.224 e. The fourth-order valence-corrected chi connectivity index (χ4v) is 2.29. The van der Waals surface area contributed by atoms with Gasteiger partial charge >= 0.3 is 0 Å². The van der Waals surface area contributed by atoms with Crippen molar-refractivity contribution < 1.29 is 9.47 Å². The predicted molar refractivity (Wildman–Crippen MR) is 81.5 cm³/mol. The molecule has 1 heterocycles. The Bertz CT molecular complexity index is 413. The third-order valence-electron chi connectivity index (χ3n) is 2.70. The average Bonchev–Trinajstić information content (AvgIpc) is 2.38. The summed E-state index contributed by atoms with van der Waals surface area (Å²) in [7, 11) is 0. The van der Waals surface area contributed by atoms with Crippen LogP contribution in [0.1, 0.15) is 31.5 Å². The third-order valence-corrected chi connectivity index (χ3v) is 3.13. The number of halogens is 2. The van der Waals surface area contributed by atoms with Gasteiger partial charge in [-0.2, -0.15) is 0 Å². The number of ether oxygens (including phenoxy) is 2. The molecule has 0 aromatic carbocycles. The maximum absolute atomic E-state index is 5.92. The number of aromatic nitrogens is 2. The van der Waals surface area contributed by atoms with E-state index in [0.717, 1.165) is 11.3 Å². The Morgan fingerprint density at radius 2 is 1.85 bits per heavy atom. The first-order chi connectivity index (χ1) is 9.62. The van der Waals surface area contributed by atoms with Crippen molar-refractivity contribution in [1.82, 2.24) is 9.97 Å². The lowest BCUT2D eigenvalue weighted by molar-refractivity contribution is -0.137. The summed E-state index contributed by atoms with van der Waals surface area (Å²) in [6.07, 6.45) is 0.500. The number of alkyl halides is 1. The number of hydrogen-bond donors (Lipinski definition) is 1. The highest BCUT2D eigenvalue weighted by molar-refractivity contribution is 6.28. The Kier molecular flexibility index (Phi) is 8.14. The van der Waals surface area contributed by atoms with Crippen LogP contribution in [-0.4, -0.2) is 36.0 Å². The van der Waals surface area contributed by atoms with Gasteiger partial charge in [0, 0.05) is 37.4 Å². The summed E-state index contributed by atoms with van der Waals surface area (Å²) >= 11 is 11.8. The number of nitrogens with one attached hydrogen (secondary N) is 1. The largest absolute Gasteiger partial charge is 0.369 e. The van der Waals surface area contributed by atoms with Crippen LogP contribution in [0.4, 0.5) is 5.82 Å². The maximum atomic E-state index is 5.92. The van der Waals surface area contributed by atoms with Gasteiger partial charge in [0.25, 0.3) is 0 Å². The zero-order chi connectivity index (χ0) is 15.0. The second-order valence-electron chi connectivity index (χ2n) is 4.09. The highest BCUT2D eigenvalue weighted by Crippen LogP contribution is 2.20. The summed E-state index contributed by atoms with van der Waals surface area (Å²) in [5.41, 5.74) is 1.65. The van der Waals surface area contributed by atoms with E-state index in [-0.39, 0.29) is 11.6 Å². The molecule has 0 aliphatic carbocycles. The number of hydrogen-bond acceptors (Lipinski definition) is 5. The summed E-state index contributed by atoms with van der Waals surface area (Å²) in [5.74, 6) is 1.01. The number of aryl methyl sites for hydroxylation is 1. The number of nitrogens with zero attached hydrogens (tertiary/aromatic N) is 2. The van der Waals surface area contributed by atoms with Crippen LogP contribution < -0.4 is 5.32 Å². The molecule has 0 amide bonds. The Morgan fingerprint density at radius 1 is 1.20 bits per heavy atom. The van der Waals surface area contributed by atoms with E-state index < -0.39 is 0 Å². The van der Waals surface area contributed by atoms with Crippen LogP contribution in [0.5, 0.6) is 0 Å². The molecule has 1 N–H and O–H groups in total. The molecule has 5 nitrogen and oxygen atoms in total. The van der Waals surface area contributed by atoms with Gasteiger partial charge in [0.2, 0.25) is 5.28 Å². The molecular formula is C13H21Cl2N3O2. The van der Waals surface area contributed by atoms with E-state index in [9.17, 15) is 0 Å². The van der Waals surface area contributed by atoms with E-state index in [1.165, 1.54) is 0 Å². The third kappa shape index (κ3) is 5.40. The van der Waals surface area contributed by atoms with Gasteiger partial charge < -0.3 is 14.8 Å². The van der Waals surface area contributed by atoms with E-state index in [4.69, 9.17) is 32.7 Å². The number of anilines is 1. The van der Waals surface area contributed by atoms with Crippen molar-refractivity contribution in [3.8, 4) is 0 Å². The highest BCUT2D eigenvalue weighted by atomic mass is 35.5. The highest BCUT2D eigenvalue weighted by Gasteiger charge is 2.12. The van der Waals surface area contributed by atoms with Crippen molar-refractivity contribution >= 4 is 29.0 Å². The molecular weight excluding hydrogens is 301 g/mol. The second kappa shape index (κ2) is 9.34. The van der Waals surface area contributed by atoms with E-state index >= 15 is 0 Å². The molecule has 0 bridgehead atoms. The van der Waals surface area contributed by atoms with Crippen molar-refractivity contribution in [3.63, 3.8) is 0 Å². The Labute approximate surface area is 130 Å². The number of rotatable bonds is 9. The quantitative estimate of drug-likeness (QED) is 0.429. The summed E-state index contributed by atoms with van der Waals surface area (Å²) in [6.45, 7) is 7.64. The molecule has 1 aromatic rings. The normalized spacial score (nSPS) is 11.1. The molecule has 0 spiro atoms. The van der Waals surface area contributed by atoms with Crippen molar-refractivity contribution in [3.05, 3.63) is 16.5 Å². The summed E-state index contributed by atoms with van der Waals surface area (Å²) in [6, 6.07) is 0. The van der Waals surface area contributed by atoms with Crippen LogP contribution in [0.25, 0.3) is 0 Å². The van der Waals surface area contributed by atoms with Gasteiger partial charge in [0.15, 0.2) is 6.29 Å². The summed E-state index contributed by atoms with van der Waals surface area (Å²) in [4.78, 5) is 8.26. The zero-order valence-corrected chi connectivity index (χ0v) is 13.6. The first-order valence-electron chi connectivity index (χ1n) is 6.68. The van der Waals surface area contributed by atoms with Crippen LogP contribution >= 0.6 is 23.2 Å². The van der Waals surface area contributed by atoms with Gasteiger partial charge in [-0.1, -0.05) is 0 Å². The van der Waals surface area contributed by atoms with Crippen LogP contribution in [0.2, 0.25) is 5.28 Å². The molecule has 114 valence electrons. The lowest BCUT2D eigenvalue weighted by Gasteiger charge is -2.18. The van der Waals surface area contributed by atoms with Crippen LogP contribution in [-0.2, 0) is 15.4 Å². The van der Waals surface area contributed by atoms with E-state index in [2.05, 4.69) is 15.3 Å². The lowest BCUT2D eigenvalue weighted by Crippen LogP contribution is -2.21. The van der Waals surface area contributed by atoms with Crippen molar-refractivity contribution in [2.75, 3.05) is 25.1 Å². The molecule has 7 heteroatoms. The second-order valence-corrected chi connectivity index (χ2v) is 4.70. The minimum Gasteiger partial charge on any atom is -0.369 e. The Balaban J connectivity index is 2.60. The fourth-order valence-electron chi connectivity index (χ4n) is 1.76. The van der Waals surface area contributed by atoms with Crippen molar-refractivity contribution in [2.45, 2.75) is 39.4 Å². The van der Waals surface area contributed by atoms with Crippen molar-refractivity contribution in [1.29, 1.82) is 0 Å². The molecule has 1 rings (SSSR count). The van der Waals surface area contributed by atoms with Gasteiger partial charge in [0.1, 0.15) is 5.82 Å². The maximum Gasteiger partial charge on any atom is 0.224 e. The van der Waals surface area contributed by atoms with Crippen LogP contribution in [0.3, 0.4) is 0 Å². The van der Waals surface area contributed by atoms with Gasteiger partial charge in [0.05, 0.1) is 5.88 Å². The zero-order valence-electron chi connectivity index (χ0n) is 12.1. The molecule has 0 fully saturated rings. The van der Waals surface area contributed by atoms with Gasteiger partial charge in [-0.15, -0.1) is 11.6 Å². The van der Waals surface area contributed by atoms with E-state index in [1.807, 2.05) is 20.8 Å². The van der Waals surface area contributed by atoms with E-state index in [0.29, 0.717) is 37.9 Å². The topological polar surface area (TPSA) is 56.3 Å². The standard InChI is InChI=1S/C13H21Cl2N3O2/c1-4-19-11(20-5-2)6-7-16-12-10(8-14)9(3)17-13(15)18-12/h11H,4-8H2,1-3H3,(H,16,17,18). The lowest BCUT2D eigenvalue weighted by atomic mass is 10.2. The molecule has 20 heavy (non-hydrogen) atoms. The van der Waals surface area contributed by atoms with Gasteiger partial charge in [-0.3, -0.25) is 0 Å². The molecule has 0 unspecified atom stereocenters. The SMILES string of the molecule is CCOC(CCNc1nc(Cl)nc(C)c1CCl)OCC. The Morgan fingerprint density at radius 3 is 2.40 bits per heavy atom. The summed E-state index contributed by atoms with van der Waals surface area (Å²) < 4.78 is 11.0. The van der Waals surface area contributed by atoms with Crippen molar-refractivity contribution in [2.24, 2.45) is 0 Å². The fraction of sp³-hybridized carbons (Fsp3) is 0.692. The summed E-state index contributed by atoms with van der Waals surface area (Å²) in [5, 5.41) is 3.43. The monoisotopic (exact) mass is 321 g/mol. The van der Waals surface area contributed by atoms with Gasteiger partial charge in [-0.25, -0.2) is 9.97 Å². The molecule has 0 aliphatic rings.